The molecule has 0 unspecified atom stereocenters. The van der Waals surface area contributed by atoms with Gasteiger partial charge in [0.05, 0.1) is 5.41 Å². The van der Waals surface area contributed by atoms with Crippen molar-refractivity contribution in [1.29, 1.82) is 0 Å². The molecule has 4 rings (SSSR count). The van der Waals surface area contributed by atoms with Crippen molar-refractivity contribution in [2.45, 2.75) is 44.9 Å². The monoisotopic (exact) mass is 330 g/mol. The molecule has 1 saturated carbocycles. The van der Waals surface area contributed by atoms with Crippen LogP contribution in [0.3, 0.4) is 0 Å². The first kappa shape index (κ1) is 15.4. The van der Waals surface area contributed by atoms with Crippen molar-refractivity contribution in [1.82, 2.24) is 9.88 Å². The predicted molar refractivity (Wildman–Crippen MR) is 87.0 cm³/mol. The van der Waals surface area contributed by atoms with Crippen LogP contribution in [0.25, 0.3) is 0 Å². The lowest BCUT2D eigenvalue weighted by Gasteiger charge is -2.23. The van der Waals surface area contributed by atoms with Gasteiger partial charge in [0.15, 0.2) is 0 Å². The van der Waals surface area contributed by atoms with Crippen LogP contribution in [0.5, 0.6) is 0 Å². The van der Waals surface area contributed by atoms with Crippen LogP contribution in [-0.2, 0) is 17.6 Å². The number of rotatable bonds is 2. The van der Waals surface area contributed by atoms with Crippen molar-refractivity contribution >= 4 is 11.9 Å². The van der Waals surface area contributed by atoms with Crippen LogP contribution in [0.4, 0.5) is 0 Å². The maximum Gasteiger partial charge on any atom is 0.311 e. The summed E-state index contributed by atoms with van der Waals surface area (Å²) in [6.45, 7) is 0.671. The van der Waals surface area contributed by atoms with Crippen molar-refractivity contribution in [2.75, 3.05) is 13.1 Å². The third-order valence-corrected chi connectivity index (χ3v) is 6.15. The molecule has 2 atom stereocenters. The zero-order chi connectivity index (χ0) is 16.9. The van der Waals surface area contributed by atoms with Gasteiger partial charge in [-0.15, -0.1) is 0 Å². The van der Waals surface area contributed by atoms with Gasteiger partial charge in [0.1, 0.15) is 5.56 Å². The maximum absolute atomic E-state index is 12.9. The highest BCUT2D eigenvalue weighted by molar-refractivity contribution is 5.95. The summed E-state index contributed by atoms with van der Waals surface area (Å²) in [5.41, 5.74) is 1.01. The van der Waals surface area contributed by atoms with Gasteiger partial charge in [-0.05, 0) is 56.1 Å². The van der Waals surface area contributed by atoms with Gasteiger partial charge in [-0.25, -0.2) is 0 Å². The number of likely N-dealkylation sites (tertiary alicyclic amines) is 1. The van der Waals surface area contributed by atoms with Gasteiger partial charge in [-0.3, -0.25) is 14.4 Å². The van der Waals surface area contributed by atoms with Crippen molar-refractivity contribution in [3.8, 4) is 0 Å². The van der Waals surface area contributed by atoms with Gasteiger partial charge in [0, 0.05) is 18.8 Å². The van der Waals surface area contributed by atoms with Crippen LogP contribution in [0.2, 0.25) is 0 Å². The SMILES string of the molecule is O=C(c1cc2c([nH]c1=O)CCCC2)N1C[C@@H]2CCC[C@@]2(C(=O)O)C1. The molecule has 0 bridgehead atoms. The summed E-state index contributed by atoms with van der Waals surface area (Å²) in [5.74, 6) is -1.12. The Bertz CT molecular complexity index is 769. The van der Waals surface area contributed by atoms with Crippen molar-refractivity contribution < 1.29 is 14.7 Å². The smallest absolute Gasteiger partial charge is 0.311 e. The van der Waals surface area contributed by atoms with Gasteiger partial charge in [0.25, 0.3) is 11.5 Å². The first-order chi connectivity index (χ1) is 11.5. The van der Waals surface area contributed by atoms with E-state index in [1.165, 1.54) is 0 Å². The van der Waals surface area contributed by atoms with Gasteiger partial charge >= 0.3 is 5.97 Å². The van der Waals surface area contributed by atoms with E-state index in [-0.39, 0.29) is 29.5 Å². The Labute approximate surface area is 139 Å². The number of carbonyl (C=O) groups is 2. The first-order valence-corrected chi connectivity index (χ1v) is 8.79. The van der Waals surface area contributed by atoms with E-state index in [9.17, 15) is 19.5 Å². The Morgan fingerprint density at radius 1 is 1.25 bits per heavy atom. The normalized spacial score (nSPS) is 28.5. The van der Waals surface area contributed by atoms with Crippen LogP contribution in [-0.4, -0.2) is 40.0 Å². The Kier molecular flexibility index (Phi) is 3.51. The number of carbonyl (C=O) groups excluding carboxylic acids is 1. The molecule has 1 amide bonds. The highest BCUT2D eigenvalue weighted by Crippen LogP contribution is 2.49. The Morgan fingerprint density at radius 3 is 2.79 bits per heavy atom. The predicted octanol–water partition coefficient (Wildman–Crippen LogP) is 1.58. The second-order valence-electron chi connectivity index (χ2n) is 7.46. The number of nitrogens with one attached hydrogen (secondary N) is 1. The van der Waals surface area contributed by atoms with E-state index in [2.05, 4.69) is 4.98 Å². The zero-order valence-corrected chi connectivity index (χ0v) is 13.6. The van der Waals surface area contributed by atoms with Crippen LogP contribution < -0.4 is 5.56 Å². The van der Waals surface area contributed by atoms with E-state index in [0.29, 0.717) is 13.0 Å². The second kappa shape index (κ2) is 5.46. The van der Waals surface area contributed by atoms with Crippen molar-refractivity contribution in [2.24, 2.45) is 11.3 Å². The van der Waals surface area contributed by atoms with E-state index in [4.69, 9.17) is 0 Å². The molecular weight excluding hydrogens is 308 g/mol. The third-order valence-electron chi connectivity index (χ3n) is 6.15. The molecule has 128 valence electrons. The molecule has 0 spiro atoms. The quantitative estimate of drug-likeness (QED) is 0.861. The molecule has 2 heterocycles. The summed E-state index contributed by atoms with van der Waals surface area (Å²) < 4.78 is 0. The highest BCUT2D eigenvalue weighted by Gasteiger charge is 2.56. The number of amides is 1. The molecule has 6 heteroatoms. The number of aryl methyl sites for hydroxylation is 2. The lowest BCUT2D eigenvalue weighted by Crippen LogP contribution is -2.38. The summed E-state index contributed by atoms with van der Waals surface area (Å²) in [6, 6.07) is 1.73. The Balaban J connectivity index is 1.63. The highest BCUT2D eigenvalue weighted by atomic mass is 16.4. The minimum Gasteiger partial charge on any atom is -0.481 e. The largest absolute Gasteiger partial charge is 0.481 e. The number of pyridine rings is 1. The summed E-state index contributed by atoms with van der Waals surface area (Å²) in [6.07, 6.45) is 6.24. The molecule has 1 aliphatic heterocycles. The van der Waals surface area contributed by atoms with E-state index >= 15 is 0 Å². The maximum atomic E-state index is 12.9. The molecule has 6 nitrogen and oxygen atoms in total. The number of carboxylic acid groups (broad SMARTS) is 1. The van der Waals surface area contributed by atoms with Crippen LogP contribution in [0.15, 0.2) is 10.9 Å². The molecule has 2 fully saturated rings. The van der Waals surface area contributed by atoms with E-state index in [1.807, 2.05) is 0 Å². The fraction of sp³-hybridized carbons (Fsp3) is 0.611. The lowest BCUT2D eigenvalue weighted by molar-refractivity contribution is -0.149. The number of hydrogen-bond acceptors (Lipinski definition) is 3. The molecular formula is C18H22N2O4. The molecule has 3 aliphatic rings. The topological polar surface area (TPSA) is 90.5 Å². The molecule has 24 heavy (non-hydrogen) atoms. The number of nitrogens with zero attached hydrogens (tertiary/aromatic N) is 1. The number of aromatic nitrogens is 1. The second-order valence-corrected chi connectivity index (χ2v) is 7.46. The van der Waals surface area contributed by atoms with Crippen molar-refractivity contribution in [3.05, 3.63) is 33.2 Å². The minimum absolute atomic E-state index is 0.00987. The third kappa shape index (κ3) is 2.19. The van der Waals surface area contributed by atoms with E-state index in [1.54, 1.807) is 11.0 Å². The first-order valence-electron chi connectivity index (χ1n) is 8.79. The van der Waals surface area contributed by atoms with Crippen LogP contribution in [0, 0.1) is 11.3 Å². The number of aliphatic carboxylic acids is 1. The fourth-order valence-electron chi connectivity index (χ4n) is 4.80. The average Bonchev–Trinajstić information content (AvgIpc) is 3.11. The van der Waals surface area contributed by atoms with Gasteiger partial charge in [-0.1, -0.05) is 6.42 Å². The number of fused-ring (bicyclic) bond motifs is 2. The van der Waals surface area contributed by atoms with Gasteiger partial charge in [0.2, 0.25) is 0 Å². The minimum atomic E-state index is -0.809. The number of H-pyrrole nitrogens is 1. The summed E-state index contributed by atoms with van der Waals surface area (Å²) in [7, 11) is 0. The molecule has 1 aromatic heterocycles. The van der Waals surface area contributed by atoms with E-state index < -0.39 is 11.4 Å². The molecule has 0 aromatic carbocycles. The van der Waals surface area contributed by atoms with Gasteiger partial charge in [-0.2, -0.15) is 0 Å². The average molecular weight is 330 g/mol. The summed E-state index contributed by atoms with van der Waals surface area (Å²) >= 11 is 0. The summed E-state index contributed by atoms with van der Waals surface area (Å²) in [4.78, 5) is 41.4. The molecule has 0 radical (unpaired) electrons. The molecule has 1 saturated heterocycles. The molecule has 2 N–H and O–H groups in total. The number of carboxylic acids is 1. The molecule has 2 aliphatic carbocycles. The van der Waals surface area contributed by atoms with E-state index in [0.717, 1.165) is 49.8 Å². The Hall–Kier alpha value is -2.11. The van der Waals surface area contributed by atoms with Gasteiger partial charge < -0.3 is 15.0 Å². The van der Waals surface area contributed by atoms with Crippen LogP contribution in [0.1, 0.15) is 53.7 Å². The summed E-state index contributed by atoms with van der Waals surface area (Å²) in [5, 5.41) is 9.65. The zero-order valence-electron chi connectivity index (χ0n) is 13.6. The number of hydrogen-bond donors (Lipinski definition) is 2. The number of aromatic amines is 1. The molecule has 1 aromatic rings. The fourth-order valence-corrected chi connectivity index (χ4v) is 4.80. The lowest BCUT2D eigenvalue weighted by atomic mass is 9.81. The van der Waals surface area contributed by atoms with Crippen molar-refractivity contribution in [3.63, 3.8) is 0 Å². The standard InChI is InChI=1S/C18H22N2O4/c21-15-13(8-11-4-1-2-6-14(11)19-15)16(22)20-9-12-5-3-7-18(12,10-20)17(23)24/h8,12H,1-7,9-10H2,(H,19,21)(H,23,24)/t12-,18+/m0/s1. The Morgan fingerprint density at radius 2 is 2.04 bits per heavy atom. The van der Waals surface area contributed by atoms with Crippen LogP contribution >= 0.6 is 0 Å².